The fourth-order valence-electron chi connectivity index (χ4n) is 2.03. The third-order valence-electron chi connectivity index (χ3n) is 3.17. The molecule has 0 atom stereocenters. The second-order valence-electron chi connectivity index (χ2n) is 4.91. The zero-order valence-electron chi connectivity index (χ0n) is 11.3. The van der Waals surface area contributed by atoms with Gasteiger partial charge in [-0.3, -0.25) is 14.5 Å². The van der Waals surface area contributed by atoms with E-state index < -0.39 is 0 Å². The summed E-state index contributed by atoms with van der Waals surface area (Å²) in [4.78, 5) is 26.7. The number of nitrogens with zero attached hydrogens (tertiary/aromatic N) is 2. The number of nitrogens with two attached hydrogens (primary N) is 1. The quantitative estimate of drug-likeness (QED) is 0.639. The lowest BCUT2D eigenvalue weighted by Crippen LogP contribution is -2.47. The molecule has 3 N–H and O–H groups in total. The van der Waals surface area contributed by atoms with Gasteiger partial charge in [0, 0.05) is 45.2 Å². The van der Waals surface area contributed by atoms with E-state index in [2.05, 4.69) is 5.32 Å². The first-order valence-electron chi connectivity index (χ1n) is 6.51. The molecule has 104 valence electrons. The molecule has 0 spiro atoms. The van der Waals surface area contributed by atoms with Crippen molar-refractivity contribution in [3.8, 4) is 0 Å². The number of amides is 2. The molecule has 1 heterocycles. The molecule has 1 aliphatic rings. The van der Waals surface area contributed by atoms with Crippen molar-refractivity contribution in [2.75, 3.05) is 39.3 Å². The van der Waals surface area contributed by atoms with Crippen LogP contribution in [-0.4, -0.2) is 66.9 Å². The maximum atomic E-state index is 12.0. The summed E-state index contributed by atoms with van der Waals surface area (Å²) in [7, 11) is 0. The van der Waals surface area contributed by atoms with Crippen LogP contribution in [0.2, 0.25) is 0 Å². The number of rotatable bonds is 6. The van der Waals surface area contributed by atoms with Crippen molar-refractivity contribution in [2.24, 2.45) is 5.73 Å². The average molecular weight is 256 g/mol. The van der Waals surface area contributed by atoms with Gasteiger partial charge in [0.05, 0.1) is 6.54 Å². The molecule has 1 saturated heterocycles. The Balaban J connectivity index is 2.36. The smallest absolute Gasteiger partial charge is 0.231 e. The first-order valence-corrected chi connectivity index (χ1v) is 6.51. The minimum atomic E-state index is -0.349. The average Bonchev–Trinajstić information content (AvgIpc) is 2.34. The number of piperazine rings is 1. The van der Waals surface area contributed by atoms with Crippen LogP contribution in [0, 0.1) is 0 Å². The van der Waals surface area contributed by atoms with Crippen molar-refractivity contribution in [1.29, 1.82) is 0 Å². The van der Waals surface area contributed by atoms with E-state index in [-0.39, 0.29) is 24.4 Å². The van der Waals surface area contributed by atoms with Gasteiger partial charge < -0.3 is 16.0 Å². The highest BCUT2D eigenvalue weighted by Gasteiger charge is 2.18. The standard InChI is InChI=1S/C12H24N4O2/c1-10(2)16(9-11(13)17)6-3-12(18)15-7-4-14-5-8-15/h10,14H,3-9H2,1-2H3,(H2,13,17). The second kappa shape index (κ2) is 7.33. The lowest BCUT2D eigenvalue weighted by molar-refractivity contribution is -0.132. The number of carbonyl (C=O) groups is 2. The van der Waals surface area contributed by atoms with Crippen LogP contribution in [0.4, 0.5) is 0 Å². The van der Waals surface area contributed by atoms with Gasteiger partial charge >= 0.3 is 0 Å². The fraction of sp³-hybridized carbons (Fsp3) is 0.833. The zero-order chi connectivity index (χ0) is 13.5. The van der Waals surface area contributed by atoms with Crippen LogP contribution in [0.15, 0.2) is 0 Å². The molecule has 0 bridgehead atoms. The highest BCUT2D eigenvalue weighted by Crippen LogP contribution is 2.02. The molecule has 0 aliphatic carbocycles. The predicted molar refractivity (Wildman–Crippen MR) is 70.0 cm³/mol. The van der Waals surface area contributed by atoms with E-state index in [9.17, 15) is 9.59 Å². The van der Waals surface area contributed by atoms with E-state index in [4.69, 9.17) is 5.73 Å². The Bertz CT molecular complexity index is 288. The molecule has 1 fully saturated rings. The number of primary amides is 1. The molecule has 2 amide bonds. The van der Waals surface area contributed by atoms with Crippen LogP contribution in [0.3, 0.4) is 0 Å². The van der Waals surface area contributed by atoms with Gasteiger partial charge in [-0.05, 0) is 13.8 Å². The van der Waals surface area contributed by atoms with E-state index >= 15 is 0 Å². The maximum absolute atomic E-state index is 12.0. The molecule has 0 saturated carbocycles. The van der Waals surface area contributed by atoms with E-state index in [0.717, 1.165) is 26.2 Å². The van der Waals surface area contributed by atoms with Gasteiger partial charge in [-0.1, -0.05) is 0 Å². The third kappa shape index (κ3) is 5.01. The summed E-state index contributed by atoms with van der Waals surface area (Å²) >= 11 is 0. The third-order valence-corrected chi connectivity index (χ3v) is 3.17. The maximum Gasteiger partial charge on any atom is 0.231 e. The second-order valence-corrected chi connectivity index (χ2v) is 4.91. The van der Waals surface area contributed by atoms with Crippen LogP contribution >= 0.6 is 0 Å². The van der Waals surface area contributed by atoms with E-state index in [0.29, 0.717) is 13.0 Å². The molecule has 0 radical (unpaired) electrons. The Hall–Kier alpha value is -1.14. The number of carbonyl (C=O) groups excluding carboxylic acids is 2. The minimum absolute atomic E-state index is 0.159. The summed E-state index contributed by atoms with van der Waals surface area (Å²) in [6.45, 7) is 8.07. The summed E-state index contributed by atoms with van der Waals surface area (Å²) < 4.78 is 0. The van der Waals surface area contributed by atoms with Crippen LogP contribution in [0.1, 0.15) is 20.3 Å². The van der Waals surface area contributed by atoms with Crippen molar-refractivity contribution in [2.45, 2.75) is 26.3 Å². The molecule has 6 heteroatoms. The molecule has 18 heavy (non-hydrogen) atoms. The monoisotopic (exact) mass is 256 g/mol. The lowest BCUT2D eigenvalue weighted by Gasteiger charge is -2.29. The van der Waals surface area contributed by atoms with Crippen molar-refractivity contribution in [3.63, 3.8) is 0 Å². The van der Waals surface area contributed by atoms with Gasteiger partial charge in [-0.25, -0.2) is 0 Å². The first-order chi connectivity index (χ1) is 8.50. The van der Waals surface area contributed by atoms with Crippen LogP contribution in [0.5, 0.6) is 0 Å². The normalized spacial score (nSPS) is 16.3. The number of nitrogens with one attached hydrogen (secondary N) is 1. The largest absolute Gasteiger partial charge is 0.369 e. The Morgan fingerprint density at radius 2 is 1.94 bits per heavy atom. The molecule has 0 unspecified atom stereocenters. The molecule has 0 aromatic rings. The molecule has 6 nitrogen and oxygen atoms in total. The van der Waals surface area contributed by atoms with E-state index in [1.54, 1.807) is 0 Å². The summed E-state index contributed by atoms with van der Waals surface area (Å²) in [6.07, 6.45) is 0.450. The Morgan fingerprint density at radius 3 is 2.44 bits per heavy atom. The van der Waals surface area contributed by atoms with Crippen LogP contribution in [-0.2, 0) is 9.59 Å². The van der Waals surface area contributed by atoms with Gasteiger partial charge in [0.25, 0.3) is 0 Å². The molecule has 1 rings (SSSR count). The van der Waals surface area contributed by atoms with Crippen molar-refractivity contribution in [1.82, 2.24) is 15.1 Å². The molecule has 1 aliphatic heterocycles. The molecule has 0 aromatic carbocycles. The Morgan fingerprint density at radius 1 is 1.33 bits per heavy atom. The lowest BCUT2D eigenvalue weighted by atomic mass is 10.2. The Labute approximate surface area is 108 Å². The molecule has 0 aromatic heterocycles. The van der Waals surface area contributed by atoms with Gasteiger partial charge in [0.1, 0.15) is 0 Å². The number of hydrogen-bond acceptors (Lipinski definition) is 4. The van der Waals surface area contributed by atoms with Gasteiger partial charge in [-0.2, -0.15) is 0 Å². The molecular formula is C12H24N4O2. The molecular weight excluding hydrogens is 232 g/mol. The van der Waals surface area contributed by atoms with Gasteiger partial charge in [0.15, 0.2) is 0 Å². The Kier molecular flexibility index (Phi) is 6.07. The predicted octanol–water partition coefficient (Wildman–Crippen LogP) is -0.996. The minimum Gasteiger partial charge on any atom is -0.369 e. The highest BCUT2D eigenvalue weighted by molar-refractivity contribution is 5.77. The van der Waals surface area contributed by atoms with Crippen molar-refractivity contribution >= 4 is 11.8 Å². The van der Waals surface area contributed by atoms with E-state index in [1.165, 1.54) is 0 Å². The summed E-state index contributed by atoms with van der Waals surface area (Å²) in [6, 6.07) is 0.216. The topological polar surface area (TPSA) is 78.7 Å². The van der Waals surface area contributed by atoms with Gasteiger partial charge in [-0.15, -0.1) is 0 Å². The summed E-state index contributed by atoms with van der Waals surface area (Å²) in [5.74, 6) is -0.190. The summed E-state index contributed by atoms with van der Waals surface area (Å²) in [5.41, 5.74) is 5.20. The fourth-order valence-corrected chi connectivity index (χ4v) is 2.03. The van der Waals surface area contributed by atoms with Gasteiger partial charge in [0.2, 0.25) is 11.8 Å². The van der Waals surface area contributed by atoms with Crippen molar-refractivity contribution < 1.29 is 9.59 Å². The number of hydrogen-bond donors (Lipinski definition) is 2. The first kappa shape index (κ1) is 14.9. The van der Waals surface area contributed by atoms with E-state index in [1.807, 2.05) is 23.6 Å². The summed E-state index contributed by atoms with van der Waals surface area (Å²) in [5, 5.41) is 3.21. The SMILES string of the molecule is CC(C)N(CCC(=O)N1CCNCC1)CC(N)=O. The van der Waals surface area contributed by atoms with Crippen LogP contribution in [0.25, 0.3) is 0 Å². The zero-order valence-corrected chi connectivity index (χ0v) is 11.3. The van der Waals surface area contributed by atoms with Crippen LogP contribution < -0.4 is 11.1 Å². The highest BCUT2D eigenvalue weighted by atomic mass is 16.2. The van der Waals surface area contributed by atoms with Crippen molar-refractivity contribution in [3.05, 3.63) is 0 Å².